The summed E-state index contributed by atoms with van der Waals surface area (Å²) in [5.74, 6) is -1.68. The molecule has 0 aromatic carbocycles. The summed E-state index contributed by atoms with van der Waals surface area (Å²) in [6.45, 7) is 12.7. The molecular weight excluding hydrogens is 336 g/mol. The van der Waals surface area contributed by atoms with Crippen LogP contribution in [-0.2, 0) is 19.1 Å². The lowest BCUT2D eigenvalue weighted by Crippen LogP contribution is -2.36. The van der Waals surface area contributed by atoms with Crippen molar-refractivity contribution in [2.24, 2.45) is 5.92 Å². The smallest absolute Gasteiger partial charge is 0.334 e. The van der Waals surface area contributed by atoms with Gasteiger partial charge < -0.3 is 19.7 Å². The maximum atomic E-state index is 12.3. The Labute approximate surface area is 153 Å². The lowest BCUT2D eigenvalue weighted by atomic mass is 9.83. The van der Waals surface area contributed by atoms with E-state index < -0.39 is 42.3 Å². The van der Waals surface area contributed by atoms with Gasteiger partial charge in [-0.2, -0.15) is 0 Å². The topological polar surface area (TPSA) is 93.1 Å². The molecule has 0 radical (unpaired) electrons. The summed E-state index contributed by atoms with van der Waals surface area (Å²) >= 11 is 0. The summed E-state index contributed by atoms with van der Waals surface area (Å²) in [5, 5.41) is 20.5. The number of aliphatic hydroxyl groups excluding tert-OH is 2. The third-order valence-corrected chi connectivity index (χ3v) is 5.01. The standard InChI is InChI=1S/C20H26O6/c1-6-10(2)19(23)25-16-7-11(3)14(21)9-15(22)12(4)8-17-18(16)13(5)20(24)26-17/h6,8,14-18,21-22H,3,5,7,9H2,1-2,4H3/b10-6+,12-8-/t14-,15+,16+,17-,18+/m0/s1. The molecule has 0 bridgehead atoms. The third kappa shape index (κ3) is 4.14. The minimum absolute atomic E-state index is 0.0714. The highest BCUT2D eigenvalue weighted by Gasteiger charge is 2.45. The molecule has 26 heavy (non-hydrogen) atoms. The fraction of sp³-hybridized carbons (Fsp3) is 0.500. The number of aliphatic hydroxyl groups is 2. The van der Waals surface area contributed by atoms with Crippen LogP contribution in [0.4, 0.5) is 0 Å². The summed E-state index contributed by atoms with van der Waals surface area (Å²) in [5.41, 5.74) is 1.61. The molecule has 6 nitrogen and oxygen atoms in total. The molecule has 0 unspecified atom stereocenters. The number of fused-ring (bicyclic) bond motifs is 1. The molecule has 0 amide bonds. The van der Waals surface area contributed by atoms with Crippen LogP contribution < -0.4 is 0 Å². The number of allylic oxidation sites excluding steroid dienone is 1. The van der Waals surface area contributed by atoms with E-state index >= 15 is 0 Å². The van der Waals surface area contributed by atoms with Crippen molar-refractivity contribution in [2.45, 2.75) is 58.0 Å². The molecule has 6 heteroatoms. The Kier molecular flexibility index (Phi) is 6.21. The Balaban J connectivity index is 2.45. The summed E-state index contributed by atoms with van der Waals surface area (Å²) in [6.07, 6.45) is 0.173. The first-order valence-electron chi connectivity index (χ1n) is 8.61. The largest absolute Gasteiger partial charge is 0.458 e. The van der Waals surface area contributed by atoms with Crippen LogP contribution in [0.3, 0.4) is 0 Å². The second-order valence-corrected chi connectivity index (χ2v) is 6.88. The summed E-state index contributed by atoms with van der Waals surface area (Å²) < 4.78 is 11.0. The van der Waals surface area contributed by atoms with E-state index in [1.165, 1.54) is 0 Å². The van der Waals surface area contributed by atoms with Crippen molar-refractivity contribution in [3.05, 3.63) is 47.6 Å². The number of rotatable bonds is 2. The number of carbonyl (C=O) groups is 2. The van der Waals surface area contributed by atoms with Crippen molar-refractivity contribution in [2.75, 3.05) is 0 Å². The fourth-order valence-electron chi connectivity index (χ4n) is 3.10. The van der Waals surface area contributed by atoms with Gasteiger partial charge >= 0.3 is 11.9 Å². The van der Waals surface area contributed by atoms with Gasteiger partial charge in [0.15, 0.2) is 0 Å². The SMILES string of the molecule is C=C1C(=O)O[C@H]2/C=C(/C)[C@H](O)C[C@H](O)C(=C)C[C@@H](OC(=O)/C(C)=C/C)[C@@H]12. The van der Waals surface area contributed by atoms with E-state index in [4.69, 9.17) is 9.47 Å². The van der Waals surface area contributed by atoms with Crippen molar-refractivity contribution in [3.8, 4) is 0 Å². The predicted molar refractivity (Wildman–Crippen MR) is 96.0 cm³/mol. The van der Waals surface area contributed by atoms with E-state index in [0.717, 1.165) is 0 Å². The van der Waals surface area contributed by atoms with Gasteiger partial charge in [0.2, 0.25) is 0 Å². The number of ether oxygens (including phenoxy) is 2. The number of hydrogen-bond donors (Lipinski definition) is 2. The van der Waals surface area contributed by atoms with E-state index in [1.807, 2.05) is 0 Å². The Morgan fingerprint density at radius 1 is 1.35 bits per heavy atom. The van der Waals surface area contributed by atoms with Crippen molar-refractivity contribution >= 4 is 11.9 Å². The van der Waals surface area contributed by atoms with Crippen molar-refractivity contribution in [3.63, 3.8) is 0 Å². The first kappa shape index (κ1) is 20.1. The molecule has 0 saturated carbocycles. The molecule has 0 spiro atoms. The van der Waals surface area contributed by atoms with E-state index in [2.05, 4.69) is 13.2 Å². The van der Waals surface area contributed by atoms with Crippen molar-refractivity contribution in [1.29, 1.82) is 0 Å². The lowest BCUT2D eigenvalue weighted by molar-refractivity contribution is -0.147. The minimum Gasteiger partial charge on any atom is -0.458 e. The molecule has 0 aromatic heterocycles. The van der Waals surface area contributed by atoms with Gasteiger partial charge in [-0.15, -0.1) is 0 Å². The van der Waals surface area contributed by atoms with Gasteiger partial charge in [0.05, 0.1) is 18.1 Å². The monoisotopic (exact) mass is 362 g/mol. The highest BCUT2D eigenvalue weighted by Crippen LogP contribution is 2.37. The Morgan fingerprint density at radius 2 is 2.00 bits per heavy atom. The Morgan fingerprint density at radius 3 is 2.62 bits per heavy atom. The van der Waals surface area contributed by atoms with Crippen LogP contribution in [-0.4, -0.2) is 46.6 Å². The fourth-order valence-corrected chi connectivity index (χ4v) is 3.10. The normalized spacial score (nSPS) is 35.3. The van der Waals surface area contributed by atoms with Crippen LogP contribution in [0.5, 0.6) is 0 Å². The number of hydrogen-bond acceptors (Lipinski definition) is 6. The maximum Gasteiger partial charge on any atom is 0.334 e. The molecule has 2 aliphatic rings. The molecule has 0 aromatic rings. The van der Waals surface area contributed by atoms with E-state index in [0.29, 0.717) is 16.7 Å². The molecule has 1 aliphatic heterocycles. The second-order valence-electron chi connectivity index (χ2n) is 6.88. The van der Waals surface area contributed by atoms with E-state index in [-0.39, 0.29) is 18.4 Å². The van der Waals surface area contributed by atoms with Crippen LogP contribution in [0.15, 0.2) is 47.6 Å². The Bertz CT molecular complexity index is 686. The van der Waals surface area contributed by atoms with Gasteiger partial charge in [-0.25, -0.2) is 9.59 Å². The number of esters is 2. The average molecular weight is 362 g/mol. The van der Waals surface area contributed by atoms with Crippen LogP contribution in [0, 0.1) is 5.92 Å². The predicted octanol–water partition coefficient (Wildman–Crippen LogP) is 1.98. The molecule has 1 saturated heterocycles. The summed E-state index contributed by atoms with van der Waals surface area (Å²) in [4.78, 5) is 24.3. The highest BCUT2D eigenvalue weighted by molar-refractivity contribution is 5.92. The van der Waals surface area contributed by atoms with Gasteiger partial charge in [-0.05, 0) is 38.0 Å². The van der Waals surface area contributed by atoms with Gasteiger partial charge in [0.1, 0.15) is 12.2 Å². The highest BCUT2D eigenvalue weighted by atomic mass is 16.6. The molecule has 1 heterocycles. The zero-order valence-electron chi connectivity index (χ0n) is 15.4. The van der Waals surface area contributed by atoms with Gasteiger partial charge in [0.25, 0.3) is 0 Å². The van der Waals surface area contributed by atoms with Gasteiger partial charge in [0, 0.05) is 24.0 Å². The maximum absolute atomic E-state index is 12.3. The average Bonchev–Trinajstić information content (AvgIpc) is 2.86. The van der Waals surface area contributed by atoms with Crippen molar-refractivity contribution < 1.29 is 29.3 Å². The van der Waals surface area contributed by atoms with Crippen molar-refractivity contribution in [1.82, 2.24) is 0 Å². The molecule has 142 valence electrons. The van der Waals surface area contributed by atoms with Gasteiger partial charge in [-0.1, -0.05) is 19.2 Å². The summed E-state index contributed by atoms with van der Waals surface area (Å²) in [7, 11) is 0. The van der Waals surface area contributed by atoms with E-state index in [1.54, 1.807) is 32.9 Å². The molecule has 2 N–H and O–H groups in total. The quantitative estimate of drug-likeness (QED) is 0.443. The van der Waals surface area contributed by atoms with Gasteiger partial charge in [-0.3, -0.25) is 0 Å². The second kappa shape index (κ2) is 8.01. The van der Waals surface area contributed by atoms with Crippen LogP contribution in [0.2, 0.25) is 0 Å². The molecule has 1 fully saturated rings. The molecule has 1 aliphatic carbocycles. The zero-order chi connectivity index (χ0) is 19.6. The van der Waals surface area contributed by atoms with Crippen LogP contribution >= 0.6 is 0 Å². The third-order valence-electron chi connectivity index (χ3n) is 5.01. The zero-order valence-corrected chi connectivity index (χ0v) is 15.4. The van der Waals surface area contributed by atoms with Crippen LogP contribution in [0.1, 0.15) is 33.6 Å². The molecule has 2 rings (SSSR count). The minimum atomic E-state index is -0.958. The first-order valence-corrected chi connectivity index (χ1v) is 8.61. The molecular formula is C20H26O6. The number of carbonyl (C=O) groups excluding carboxylic acids is 2. The summed E-state index contributed by atoms with van der Waals surface area (Å²) in [6, 6.07) is 0. The lowest BCUT2D eigenvalue weighted by Gasteiger charge is -2.30. The van der Waals surface area contributed by atoms with Crippen LogP contribution in [0.25, 0.3) is 0 Å². The Hall–Kier alpha value is -2.18. The van der Waals surface area contributed by atoms with E-state index in [9.17, 15) is 19.8 Å². The molecule has 5 atom stereocenters. The first-order chi connectivity index (χ1) is 12.1.